The summed E-state index contributed by atoms with van der Waals surface area (Å²) in [6.45, 7) is 3.75. The van der Waals surface area contributed by atoms with Gasteiger partial charge in [0, 0.05) is 5.69 Å². The zero-order chi connectivity index (χ0) is 17.7. The van der Waals surface area contributed by atoms with E-state index >= 15 is 0 Å². The molecule has 1 amide bonds. The predicted octanol–water partition coefficient (Wildman–Crippen LogP) is 4.50. The van der Waals surface area contributed by atoms with Gasteiger partial charge in [0.05, 0.1) is 10.0 Å². The van der Waals surface area contributed by atoms with E-state index in [1.165, 1.54) is 0 Å². The van der Waals surface area contributed by atoms with Crippen molar-refractivity contribution < 1.29 is 9.53 Å². The van der Waals surface area contributed by atoms with Crippen molar-refractivity contribution in [1.29, 1.82) is 0 Å². The van der Waals surface area contributed by atoms with Crippen LogP contribution in [0.25, 0.3) is 0 Å². The van der Waals surface area contributed by atoms with Crippen LogP contribution in [0, 0.1) is 13.8 Å². The van der Waals surface area contributed by atoms with Gasteiger partial charge in [-0.25, -0.2) is 0 Å². The summed E-state index contributed by atoms with van der Waals surface area (Å²) in [6, 6.07) is 10.8. The Morgan fingerprint density at radius 1 is 1.12 bits per heavy atom. The summed E-state index contributed by atoms with van der Waals surface area (Å²) < 4.78 is 5.53. The van der Waals surface area contributed by atoms with Crippen LogP contribution in [0.3, 0.4) is 0 Å². The molecule has 0 aliphatic rings. The lowest BCUT2D eigenvalue weighted by Gasteiger charge is -2.12. The van der Waals surface area contributed by atoms with E-state index in [0.717, 1.165) is 11.1 Å². The van der Waals surface area contributed by atoms with Crippen molar-refractivity contribution in [1.82, 2.24) is 5.32 Å². The SMILES string of the molecule is Cc1ccc(C)c(OCC(=O)NC(=S)Nc2ccc(Cl)c(Cl)c2)c1. The van der Waals surface area contributed by atoms with Crippen LogP contribution >= 0.6 is 35.4 Å². The molecule has 0 bridgehead atoms. The Hall–Kier alpha value is -1.82. The molecule has 0 saturated carbocycles. The molecule has 0 unspecified atom stereocenters. The van der Waals surface area contributed by atoms with Crippen LogP contribution in [-0.2, 0) is 4.79 Å². The molecule has 2 aromatic rings. The highest BCUT2D eigenvalue weighted by Crippen LogP contribution is 2.25. The molecule has 126 valence electrons. The van der Waals surface area contributed by atoms with E-state index in [0.29, 0.717) is 21.5 Å². The number of nitrogens with one attached hydrogen (secondary N) is 2. The first-order chi connectivity index (χ1) is 11.3. The van der Waals surface area contributed by atoms with Crippen LogP contribution in [0.2, 0.25) is 10.0 Å². The van der Waals surface area contributed by atoms with Gasteiger partial charge in [-0.1, -0.05) is 35.3 Å². The number of carbonyl (C=O) groups excluding carboxylic acids is 1. The fourth-order valence-electron chi connectivity index (χ4n) is 1.91. The maximum Gasteiger partial charge on any atom is 0.264 e. The van der Waals surface area contributed by atoms with Crippen LogP contribution in [0.1, 0.15) is 11.1 Å². The molecule has 2 N–H and O–H groups in total. The zero-order valence-electron chi connectivity index (χ0n) is 13.2. The van der Waals surface area contributed by atoms with Crippen LogP contribution in [0.4, 0.5) is 5.69 Å². The fourth-order valence-corrected chi connectivity index (χ4v) is 2.43. The second kappa shape index (κ2) is 8.33. The Kier molecular flexibility index (Phi) is 6.43. The van der Waals surface area contributed by atoms with E-state index in [9.17, 15) is 4.79 Å². The Morgan fingerprint density at radius 2 is 1.88 bits per heavy atom. The molecule has 0 fully saturated rings. The molecule has 0 saturated heterocycles. The topological polar surface area (TPSA) is 50.4 Å². The van der Waals surface area contributed by atoms with Crippen molar-refractivity contribution in [2.24, 2.45) is 0 Å². The average molecular weight is 383 g/mol. The number of benzene rings is 2. The molecule has 2 rings (SSSR count). The van der Waals surface area contributed by atoms with E-state index in [1.54, 1.807) is 18.2 Å². The van der Waals surface area contributed by atoms with Crippen LogP contribution in [-0.4, -0.2) is 17.6 Å². The number of hydrogen-bond acceptors (Lipinski definition) is 3. The number of carbonyl (C=O) groups is 1. The lowest BCUT2D eigenvalue weighted by molar-refractivity contribution is -0.121. The standard InChI is InChI=1S/C17H16Cl2N2O2S/c1-10-3-4-11(2)15(7-10)23-9-16(22)21-17(24)20-12-5-6-13(18)14(19)8-12/h3-8H,9H2,1-2H3,(H2,20,21,22,24). The van der Waals surface area contributed by atoms with Gasteiger partial charge in [0.25, 0.3) is 5.91 Å². The first-order valence-corrected chi connectivity index (χ1v) is 8.27. The van der Waals surface area contributed by atoms with Crippen molar-refractivity contribution in [3.63, 3.8) is 0 Å². The summed E-state index contributed by atoms with van der Waals surface area (Å²) in [7, 11) is 0. The minimum atomic E-state index is -0.353. The molecule has 7 heteroatoms. The predicted molar refractivity (Wildman–Crippen MR) is 102 cm³/mol. The number of thiocarbonyl (C=S) groups is 1. The number of hydrogen-bond donors (Lipinski definition) is 2. The third kappa shape index (κ3) is 5.37. The van der Waals surface area contributed by atoms with Crippen molar-refractivity contribution in [2.45, 2.75) is 13.8 Å². The van der Waals surface area contributed by atoms with E-state index in [4.69, 9.17) is 40.2 Å². The van der Waals surface area contributed by atoms with Gasteiger partial charge in [0.2, 0.25) is 0 Å². The van der Waals surface area contributed by atoms with Gasteiger partial charge in [-0.05, 0) is 61.5 Å². The first kappa shape index (κ1) is 18.5. The molecule has 0 aliphatic carbocycles. The monoisotopic (exact) mass is 382 g/mol. The Morgan fingerprint density at radius 3 is 2.58 bits per heavy atom. The molecule has 24 heavy (non-hydrogen) atoms. The van der Waals surface area contributed by atoms with Crippen molar-refractivity contribution >= 4 is 52.1 Å². The molecule has 0 spiro atoms. The second-order valence-electron chi connectivity index (χ2n) is 5.19. The summed E-state index contributed by atoms with van der Waals surface area (Å²) in [5.41, 5.74) is 2.66. The molecular formula is C17H16Cl2N2O2S. The second-order valence-corrected chi connectivity index (χ2v) is 6.41. The smallest absolute Gasteiger partial charge is 0.264 e. The highest BCUT2D eigenvalue weighted by Gasteiger charge is 2.08. The molecular weight excluding hydrogens is 367 g/mol. The third-order valence-electron chi connectivity index (χ3n) is 3.13. The van der Waals surface area contributed by atoms with Gasteiger partial charge < -0.3 is 10.1 Å². The Labute approximate surface area is 156 Å². The van der Waals surface area contributed by atoms with Crippen molar-refractivity contribution in [3.05, 3.63) is 57.6 Å². The first-order valence-electron chi connectivity index (χ1n) is 7.11. The van der Waals surface area contributed by atoms with Gasteiger partial charge in [-0.2, -0.15) is 0 Å². The molecule has 0 aromatic heterocycles. The molecule has 2 aromatic carbocycles. The molecule has 4 nitrogen and oxygen atoms in total. The Bertz CT molecular complexity index is 781. The molecule has 0 heterocycles. The summed E-state index contributed by atoms with van der Waals surface area (Å²) in [4.78, 5) is 11.9. The maximum atomic E-state index is 11.9. The number of aryl methyl sites for hydroxylation is 2. The minimum Gasteiger partial charge on any atom is -0.483 e. The van der Waals surface area contributed by atoms with E-state index < -0.39 is 0 Å². The quantitative estimate of drug-likeness (QED) is 0.764. The summed E-state index contributed by atoms with van der Waals surface area (Å²) in [5, 5.41) is 6.40. The van der Waals surface area contributed by atoms with Crippen LogP contribution < -0.4 is 15.4 Å². The Balaban J connectivity index is 1.86. The number of amides is 1. The molecule has 0 atom stereocenters. The van der Waals surface area contributed by atoms with Crippen LogP contribution in [0.5, 0.6) is 5.75 Å². The highest BCUT2D eigenvalue weighted by molar-refractivity contribution is 7.80. The van der Waals surface area contributed by atoms with E-state index in [1.807, 2.05) is 32.0 Å². The number of anilines is 1. The highest BCUT2D eigenvalue weighted by atomic mass is 35.5. The summed E-state index contributed by atoms with van der Waals surface area (Å²) in [6.07, 6.45) is 0. The van der Waals surface area contributed by atoms with Gasteiger partial charge >= 0.3 is 0 Å². The van der Waals surface area contributed by atoms with Crippen molar-refractivity contribution in [3.8, 4) is 5.75 Å². The van der Waals surface area contributed by atoms with Gasteiger partial charge in [-0.15, -0.1) is 0 Å². The van der Waals surface area contributed by atoms with Gasteiger partial charge in [0.1, 0.15) is 5.75 Å². The summed E-state index contributed by atoms with van der Waals surface area (Å²) >= 11 is 16.9. The van der Waals surface area contributed by atoms with Gasteiger partial charge in [0.15, 0.2) is 11.7 Å². The summed E-state index contributed by atoms with van der Waals surface area (Å²) in [5.74, 6) is 0.321. The normalized spacial score (nSPS) is 10.2. The molecule has 0 radical (unpaired) electrons. The maximum absolute atomic E-state index is 11.9. The third-order valence-corrected chi connectivity index (χ3v) is 4.08. The lowest BCUT2D eigenvalue weighted by Crippen LogP contribution is -2.37. The van der Waals surface area contributed by atoms with Crippen LogP contribution in [0.15, 0.2) is 36.4 Å². The average Bonchev–Trinajstić information content (AvgIpc) is 2.51. The van der Waals surface area contributed by atoms with Gasteiger partial charge in [-0.3, -0.25) is 10.1 Å². The van der Waals surface area contributed by atoms with E-state index in [-0.39, 0.29) is 17.6 Å². The fraction of sp³-hybridized carbons (Fsp3) is 0.176. The zero-order valence-corrected chi connectivity index (χ0v) is 15.5. The number of rotatable bonds is 4. The van der Waals surface area contributed by atoms with E-state index in [2.05, 4.69) is 10.6 Å². The number of halogens is 2. The number of ether oxygens (including phenoxy) is 1. The van der Waals surface area contributed by atoms with Crippen molar-refractivity contribution in [2.75, 3.05) is 11.9 Å². The lowest BCUT2D eigenvalue weighted by atomic mass is 10.1. The minimum absolute atomic E-state index is 0.131. The molecule has 0 aliphatic heterocycles. The largest absolute Gasteiger partial charge is 0.483 e.